The largest absolute Gasteiger partial charge is 0.467 e. The van der Waals surface area contributed by atoms with E-state index in [4.69, 9.17) is 10.2 Å². The molecule has 0 bridgehead atoms. The Morgan fingerprint density at radius 1 is 1.25 bits per heavy atom. The van der Waals surface area contributed by atoms with Gasteiger partial charge in [0.1, 0.15) is 11.4 Å². The van der Waals surface area contributed by atoms with E-state index in [1.165, 1.54) is 6.26 Å². The molecule has 0 aliphatic heterocycles. The van der Waals surface area contributed by atoms with Crippen molar-refractivity contribution in [2.24, 2.45) is 0 Å². The Labute approximate surface area is 90.9 Å². The van der Waals surface area contributed by atoms with E-state index in [1.807, 2.05) is 0 Å². The lowest BCUT2D eigenvalue weighted by Gasteiger charge is -2.07. The molecule has 0 aliphatic rings. The van der Waals surface area contributed by atoms with E-state index in [2.05, 4.69) is 5.32 Å². The number of hydrogen-bond acceptors (Lipinski definition) is 3. The first-order valence-electron chi connectivity index (χ1n) is 4.67. The van der Waals surface area contributed by atoms with Crippen LogP contribution >= 0.6 is 0 Å². The molecule has 0 atom stereocenters. The highest BCUT2D eigenvalue weighted by Crippen LogP contribution is 2.22. The first-order valence-corrected chi connectivity index (χ1v) is 4.67. The quantitative estimate of drug-likeness (QED) is 0.788. The van der Waals surface area contributed by atoms with E-state index >= 15 is 0 Å². The lowest BCUT2D eigenvalue weighted by atomic mass is 10.2. The lowest BCUT2D eigenvalue weighted by Crippen LogP contribution is -2.04. The van der Waals surface area contributed by atoms with Gasteiger partial charge in [0.25, 0.3) is 0 Å². The molecule has 0 spiro atoms. The highest BCUT2D eigenvalue weighted by Gasteiger charge is 2.10. The molecule has 0 radical (unpaired) electrons. The van der Waals surface area contributed by atoms with Crippen molar-refractivity contribution < 1.29 is 13.2 Å². The van der Waals surface area contributed by atoms with E-state index in [0.717, 1.165) is 12.1 Å². The molecule has 16 heavy (non-hydrogen) atoms. The Morgan fingerprint density at radius 3 is 2.50 bits per heavy atom. The molecular weight excluding hydrogens is 214 g/mol. The third-order valence-electron chi connectivity index (χ3n) is 2.08. The third-order valence-corrected chi connectivity index (χ3v) is 2.08. The zero-order valence-electron chi connectivity index (χ0n) is 8.34. The van der Waals surface area contributed by atoms with Crippen LogP contribution in [0, 0.1) is 11.6 Å². The summed E-state index contributed by atoms with van der Waals surface area (Å²) in [5.41, 5.74) is 5.14. The van der Waals surface area contributed by atoms with E-state index in [9.17, 15) is 8.78 Å². The molecule has 84 valence electrons. The molecule has 3 nitrogen and oxygen atoms in total. The minimum atomic E-state index is -0.718. The average Bonchev–Trinajstić information content (AvgIpc) is 2.68. The molecule has 2 rings (SSSR count). The summed E-state index contributed by atoms with van der Waals surface area (Å²) in [6, 6.07) is 5.54. The standard InChI is InChI=1S/C11H10F2N2O/c12-9-4-7(14)5-10(13)11(9)15-6-8-2-1-3-16-8/h1-5,15H,6,14H2. The second kappa shape index (κ2) is 4.22. The maximum atomic E-state index is 13.3. The zero-order valence-corrected chi connectivity index (χ0v) is 8.34. The molecule has 0 saturated carbocycles. The Kier molecular flexibility index (Phi) is 2.76. The molecular formula is C11H10F2N2O. The summed E-state index contributed by atoms with van der Waals surface area (Å²) in [6.45, 7) is 0.213. The molecule has 5 heteroatoms. The van der Waals surface area contributed by atoms with Crippen LogP contribution in [0.15, 0.2) is 34.9 Å². The molecule has 1 heterocycles. The van der Waals surface area contributed by atoms with Crippen LogP contribution in [0.4, 0.5) is 20.2 Å². The number of rotatable bonds is 3. The maximum absolute atomic E-state index is 13.3. The molecule has 0 amide bonds. The van der Waals surface area contributed by atoms with Gasteiger partial charge in [0.05, 0.1) is 12.8 Å². The van der Waals surface area contributed by atoms with Crippen LogP contribution in [0.5, 0.6) is 0 Å². The molecule has 1 aromatic carbocycles. The number of halogens is 2. The maximum Gasteiger partial charge on any atom is 0.151 e. The van der Waals surface area contributed by atoms with Gasteiger partial charge in [-0.3, -0.25) is 0 Å². The minimum Gasteiger partial charge on any atom is -0.467 e. The van der Waals surface area contributed by atoms with Gasteiger partial charge in [-0.25, -0.2) is 8.78 Å². The van der Waals surface area contributed by atoms with Crippen LogP contribution in [0.1, 0.15) is 5.76 Å². The smallest absolute Gasteiger partial charge is 0.151 e. The first kappa shape index (κ1) is 10.5. The van der Waals surface area contributed by atoms with Crippen LogP contribution in [-0.4, -0.2) is 0 Å². The molecule has 0 saturated heterocycles. The van der Waals surface area contributed by atoms with Crippen LogP contribution in [-0.2, 0) is 6.54 Å². The molecule has 0 unspecified atom stereocenters. The Balaban J connectivity index is 2.15. The lowest BCUT2D eigenvalue weighted by molar-refractivity contribution is 0.515. The fourth-order valence-corrected chi connectivity index (χ4v) is 1.35. The Bertz CT molecular complexity index is 460. The second-order valence-electron chi connectivity index (χ2n) is 3.29. The fourth-order valence-electron chi connectivity index (χ4n) is 1.35. The molecule has 3 N–H and O–H groups in total. The van der Waals surface area contributed by atoms with Gasteiger partial charge in [-0.2, -0.15) is 0 Å². The molecule has 2 aromatic rings. The van der Waals surface area contributed by atoms with Gasteiger partial charge in [-0.1, -0.05) is 0 Å². The summed E-state index contributed by atoms with van der Waals surface area (Å²) in [4.78, 5) is 0. The number of benzene rings is 1. The predicted molar refractivity (Wildman–Crippen MR) is 56.8 cm³/mol. The molecule has 1 aromatic heterocycles. The number of anilines is 2. The molecule has 0 fully saturated rings. The number of nitrogens with one attached hydrogen (secondary N) is 1. The SMILES string of the molecule is Nc1cc(F)c(NCc2ccco2)c(F)c1. The Hall–Kier alpha value is -2.04. The van der Waals surface area contributed by atoms with Crippen molar-refractivity contribution in [3.05, 3.63) is 47.9 Å². The first-order chi connectivity index (χ1) is 7.66. The van der Waals surface area contributed by atoms with Crippen molar-refractivity contribution >= 4 is 11.4 Å². The predicted octanol–water partition coefficient (Wildman–Crippen LogP) is 2.75. The van der Waals surface area contributed by atoms with Gasteiger partial charge < -0.3 is 15.5 Å². The van der Waals surface area contributed by atoms with Crippen LogP contribution < -0.4 is 11.1 Å². The second-order valence-corrected chi connectivity index (χ2v) is 3.29. The van der Waals surface area contributed by atoms with Crippen molar-refractivity contribution in [1.82, 2.24) is 0 Å². The average molecular weight is 224 g/mol. The number of nitrogen functional groups attached to an aromatic ring is 1. The normalized spacial score (nSPS) is 10.4. The summed E-state index contributed by atoms with van der Waals surface area (Å²) >= 11 is 0. The number of nitrogens with two attached hydrogens (primary N) is 1. The van der Waals surface area contributed by atoms with E-state index < -0.39 is 11.6 Å². The Morgan fingerprint density at radius 2 is 1.94 bits per heavy atom. The monoisotopic (exact) mass is 224 g/mol. The number of hydrogen-bond donors (Lipinski definition) is 2. The van der Waals surface area contributed by atoms with Gasteiger partial charge in [-0.15, -0.1) is 0 Å². The van der Waals surface area contributed by atoms with E-state index in [0.29, 0.717) is 5.76 Å². The van der Waals surface area contributed by atoms with Crippen molar-refractivity contribution in [3.8, 4) is 0 Å². The molecule has 0 aliphatic carbocycles. The minimum absolute atomic E-state index is 0.0542. The highest BCUT2D eigenvalue weighted by molar-refractivity contribution is 5.54. The van der Waals surface area contributed by atoms with Gasteiger partial charge in [0.2, 0.25) is 0 Å². The zero-order chi connectivity index (χ0) is 11.5. The summed E-state index contributed by atoms with van der Waals surface area (Å²) in [6.07, 6.45) is 1.49. The van der Waals surface area contributed by atoms with Gasteiger partial charge in [-0.05, 0) is 24.3 Å². The highest BCUT2D eigenvalue weighted by atomic mass is 19.1. The van der Waals surface area contributed by atoms with Crippen LogP contribution in [0.3, 0.4) is 0 Å². The van der Waals surface area contributed by atoms with Crippen molar-refractivity contribution in [1.29, 1.82) is 0 Å². The van der Waals surface area contributed by atoms with Crippen molar-refractivity contribution in [2.45, 2.75) is 6.54 Å². The van der Waals surface area contributed by atoms with E-state index in [-0.39, 0.29) is 17.9 Å². The van der Waals surface area contributed by atoms with Crippen LogP contribution in [0.25, 0.3) is 0 Å². The van der Waals surface area contributed by atoms with Crippen molar-refractivity contribution in [3.63, 3.8) is 0 Å². The van der Waals surface area contributed by atoms with Gasteiger partial charge in [0, 0.05) is 5.69 Å². The summed E-state index contributed by atoms with van der Waals surface area (Å²) in [5, 5.41) is 2.61. The third kappa shape index (κ3) is 2.13. The fraction of sp³-hybridized carbons (Fsp3) is 0.0909. The van der Waals surface area contributed by atoms with Crippen molar-refractivity contribution in [2.75, 3.05) is 11.1 Å². The summed E-state index contributed by atoms with van der Waals surface area (Å²) in [5.74, 6) is -0.844. The van der Waals surface area contributed by atoms with Crippen LogP contribution in [0.2, 0.25) is 0 Å². The van der Waals surface area contributed by atoms with E-state index in [1.54, 1.807) is 12.1 Å². The van der Waals surface area contributed by atoms with Gasteiger partial charge >= 0.3 is 0 Å². The van der Waals surface area contributed by atoms with Gasteiger partial charge in [0.15, 0.2) is 11.6 Å². The topological polar surface area (TPSA) is 51.2 Å². The summed E-state index contributed by atoms with van der Waals surface area (Å²) < 4.78 is 31.7. The summed E-state index contributed by atoms with van der Waals surface area (Å²) in [7, 11) is 0. The number of furan rings is 1.